The van der Waals surface area contributed by atoms with Crippen LogP contribution in [0, 0.1) is 0 Å². The molecule has 0 radical (unpaired) electrons. The highest BCUT2D eigenvalue weighted by Crippen LogP contribution is 2.66. The third-order valence-electron chi connectivity index (χ3n) is 11.0. The minimum absolute atomic E-state index is 0.248. The zero-order valence-electron chi connectivity index (χ0n) is 28.7. The molecule has 0 aromatic heterocycles. The van der Waals surface area contributed by atoms with Crippen LogP contribution in [0.2, 0.25) is 0 Å². The van der Waals surface area contributed by atoms with E-state index < -0.39 is 0 Å². The number of hydrogen-bond donors (Lipinski definition) is 1. The number of anilines is 2. The van der Waals surface area contributed by atoms with Crippen LogP contribution in [0.25, 0.3) is 22.3 Å². The second kappa shape index (κ2) is 13.1. The predicted octanol–water partition coefficient (Wildman–Crippen LogP) is 13.5. The maximum atomic E-state index is 3.81. The molecule has 0 bridgehead atoms. The lowest BCUT2D eigenvalue weighted by Crippen LogP contribution is -2.43. The van der Waals surface area contributed by atoms with Gasteiger partial charge in [0.05, 0.1) is 5.41 Å². The van der Waals surface area contributed by atoms with Gasteiger partial charge >= 0.3 is 0 Å². The van der Waals surface area contributed by atoms with Gasteiger partial charge in [-0.2, -0.15) is 0 Å². The smallest absolute Gasteiger partial charge is 0.0705 e. The Balaban J connectivity index is 1.20. The second-order valence-corrected chi connectivity index (χ2v) is 16.2. The maximum absolute atomic E-state index is 3.81. The first-order chi connectivity index (χ1) is 25.8. The molecule has 4 aliphatic rings. The van der Waals surface area contributed by atoms with Gasteiger partial charge in [-0.05, 0) is 86.5 Å². The van der Waals surface area contributed by atoms with Crippen molar-refractivity contribution in [2.24, 2.45) is 0 Å². The largest absolute Gasteiger partial charge is 0.355 e. The molecule has 2 heterocycles. The maximum Gasteiger partial charge on any atom is 0.0705 e. The van der Waals surface area contributed by atoms with Crippen molar-refractivity contribution in [2.75, 3.05) is 5.32 Å². The van der Waals surface area contributed by atoms with Crippen molar-refractivity contribution in [3.05, 3.63) is 215 Å². The van der Waals surface area contributed by atoms with Crippen LogP contribution in [0.1, 0.15) is 35.4 Å². The van der Waals surface area contributed by atoms with E-state index in [0.29, 0.717) is 5.25 Å². The van der Waals surface area contributed by atoms with Crippen molar-refractivity contribution < 1.29 is 0 Å². The standard InChI is InChI=1S/C49H37NS2/c1-4-16-33(17-5-1)37-31-30-35(32-44(37)50-36-20-8-3-9-21-36)39-23-15-27-43-48(39)52-46-29-13-11-25-41(46)49(43)40-24-10-12-28-45(40)51-47-38(22-14-26-42(47)49)34-18-6-2-7-19-34/h1-22,24-28,30-32,39,46,50H,23,29H2. The highest BCUT2D eigenvalue weighted by molar-refractivity contribution is 8.04. The molecule has 250 valence electrons. The lowest BCUT2D eigenvalue weighted by atomic mass is 9.60. The van der Waals surface area contributed by atoms with E-state index in [4.69, 9.17) is 0 Å². The number of nitrogens with one attached hydrogen (secondary N) is 1. The van der Waals surface area contributed by atoms with Gasteiger partial charge in [0.1, 0.15) is 0 Å². The molecule has 6 aromatic carbocycles. The molecule has 3 unspecified atom stereocenters. The Morgan fingerprint density at radius 2 is 1.33 bits per heavy atom. The van der Waals surface area contributed by atoms with Gasteiger partial charge in [0, 0.05) is 37.9 Å². The number of fused-ring (bicyclic) bond motifs is 7. The van der Waals surface area contributed by atoms with Crippen LogP contribution >= 0.6 is 23.5 Å². The molecule has 1 nitrogen and oxygen atoms in total. The molecule has 2 aliphatic carbocycles. The van der Waals surface area contributed by atoms with E-state index in [-0.39, 0.29) is 11.3 Å². The highest BCUT2D eigenvalue weighted by atomic mass is 32.2. The van der Waals surface area contributed by atoms with Gasteiger partial charge in [-0.15, -0.1) is 11.8 Å². The number of rotatable bonds is 5. The summed E-state index contributed by atoms with van der Waals surface area (Å²) in [6.45, 7) is 0. The molecular weight excluding hydrogens is 667 g/mol. The van der Waals surface area contributed by atoms with Crippen LogP contribution in [-0.4, -0.2) is 5.25 Å². The third-order valence-corrected chi connectivity index (χ3v) is 13.8. The fourth-order valence-electron chi connectivity index (χ4n) is 8.77. The highest BCUT2D eigenvalue weighted by Gasteiger charge is 2.53. The second-order valence-electron chi connectivity index (χ2n) is 13.9. The Morgan fingerprint density at radius 1 is 0.615 bits per heavy atom. The Bertz CT molecular complexity index is 2440. The van der Waals surface area contributed by atoms with Crippen molar-refractivity contribution in [1.82, 2.24) is 0 Å². The predicted molar refractivity (Wildman–Crippen MR) is 222 cm³/mol. The van der Waals surface area contributed by atoms with Gasteiger partial charge in [-0.25, -0.2) is 0 Å². The van der Waals surface area contributed by atoms with E-state index >= 15 is 0 Å². The van der Waals surface area contributed by atoms with E-state index in [0.717, 1.165) is 24.2 Å². The summed E-state index contributed by atoms with van der Waals surface area (Å²) in [6, 6.07) is 55.7. The molecule has 2 aliphatic heterocycles. The number of allylic oxidation sites excluding steroid dienone is 7. The summed E-state index contributed by atoms with van der Waals surface area (Å²) in [5.74, 6) is 0.248. The molecule has 10 rings (SSSR count). The minimum Gasteiger partial charge on any atom is -0.355 e. The summed E-state index contributed by atoms with van der Waals surface area (Å²) < 4.78 is 0. The summed E-state index contributed by atoms with van der Waals surface area (Å²) in [7, 11) is 0. The third kappa shape index (κ3) is 5.10. The lowest BCUT2D eigenvalue weighted by Gasteiger charge is -2.51. The zero-order chi connectivity index (χ0) is 34.5. The Labute approximate surface area is 314 Å². The van der Waals surface area contributed by atoms with Gasteiger partial charge in [0.25, 0.3) is 0 Å². The number of para-hydroxylation sites is 1. The molecule has 0 saturated carbocycles. The molecular formula is C49H37NS2. The summed E-state index contributed by atoms with van der Waals surface area (Å²) in [4.78, 5) is 4.23. The van der Waals surface area contributed by atoms with Crippen LogP contribution in [0.5, 0.6) is 0 Å². The van der Waals surface area contributed by atoms with Gasteiger partial charge < -0.3 is 5.32 Å². The summed E-state index contributed by atoms with van der Waals surface area (Å²) in [6.07, 6.45) is 14.1. The first-order valence-electron chi connectivity index (χ1n) is 18.2. The van der Waals surface area contributed by atoms with Crippen LogP contribution in [0.3, 0.4) is 0 Å². The normalized spacial score (nSPS) is 21.1. The molecule has 1 N–H and O–H groups in total. The van der Waals surface area contributed by atoms with Crippen molar-refractivity contribution >= 4 is 34.9 Å². The monoisotopic (exact) mass is 703 g/mol. The quantitative estimate of drug-likeness (QED) is 0.192. The van der Waals surface area contributed by atoms with Crippen LogP contribution < -0.4 is 5.32 Å². The summed E-state index contributed by atoms with van der Waals surface area (Å²) in [5.41, 5.74) is 14.0. The van der Waals surface area contributed by atoms with E-state index in [2.05, 4.69) is 199 Å². The number of thioether (sulfide) groups is 1. The van der Waals surface area contributed by atoms with Crippen LogP contribution in [0.4, 0.5) is 11.4 Å². The Morgan fingerprint density at radius 3 is 2.13 bits per heavy atom. The van der Waals surface area contributed by atoms with Crippen LogP contribution in [0.15, 0.2) is 208 Å². The first-order valence-corrected chi connectivity index (χ1v) is 19.9. The molecule has 3 atom stereocenters. The van der Waals surface area contributed by atoms with Gasteiger partial charge in [-0.3, -0.25) is 0 Å². The molecule has 0 fully saturated rings. The molecule has 0 amide bonds. The molecule has 0 saturated heterocycles. The minimum atomic E-state index is -0.387. The number of benzene rings is 6. The fraction of sp³-hybridized carbons (Fsp3) is 0.102. The molecule has 52 heavy (non-hydrogen) atoms. The van der Waals surface area contributed by atoms with Crippen molar-refractivity contribution in [2.45, 2.75) is 39.2 Å². The van der Waals surface area contributed by atoms with E-state index in [1.54, 1.807) is 0 Å². The lowest BCUT2D eigenvalue weighted by molar-refractivity contribution is 0.625. The summed E-state index contributed by atoms with van der Waals surface area (Å²) in [5, 5.41) is 4.16. The average molecular weight is 704 g/mol. The van der Waals surface area contributed by atoms with E-state index in [1.165, 1.54) is 64.8 Å². The average Bonchev–Trinajstić information content (AvgIpc) is 3.21. The van der Waals surface area contributed by atoms with Gasteiger partial charge in [0.15, 0.2) is 0 Å². The molecule has 3 heteroatoms. The van der Waals surface area contributed by atoms with E-state index in [9.17, 15) is 0 Å². The molecule has 1 spiro atoms. The fourth-order valence-corrected chi connectivity index (χ4v) is 11.7. The van der Waals surface area contributed by atoms with E-state index in [1.807, 2.05) is 11.8 Å². The Kier molecular flexibility index (Phi) is 7.93. The van der Waals surface area contributed by atoms with Crippen molar-refractivity contribution in [3.8, 4) is 22.3 Å². The SMILES string of the molecule is C1=CCC2SC3=C(C=CCC3c3ccc(-c4ccccc4)c(Nc4ccccc4)c3)C3(C2=C1)c1ccccc1Sc1c(-c2ccccc2)cccc13. The Hall–Kier alpha value is -5.22. The zero-order valence-corrected chi connectivity index (χ0v) is 30.3. The van der Waals surface area contributed by atoms with Gasteiger partial charge in [0.2, 0.25) is 0 Å². The van der Waals surface area contributed by atoms with Crippen LogP contribution in [-0.2, 0) is 5.41 Å². The van der Waals surface area contributed by atoms with Crippen molar-refractivity contribution in [1.29, 1.82) is 0 Å². The topological polar surface area (TPSA) is 12.0 Å². The first kappa shape index (κ1) is 31.5. The van der Waals surface area contributed by atoms with Crippen molar-refractivity contribution in [3.63, 3.8) is 0 Å². The number of hydrogen-bond acceptors (Lipinski definition) is 3. The molecule has 6 aromatic rings. The summed E-state index contributed by atoms with van der Waals surface area (Å²) >= 11 is 4.05. The van der Waals surface area contributed by atoms with Gasteiger partial charge in [-0.1, -0.05) is 170 Å².